The molecule has 0 unspecified atom stereocenters. The Morgan fingerprint density at radius 3 is 3.13 bits per heavy atom. The van der Waals surface area contributed by atoms with Crippen LogP contribution in [-0.2, 0) is 4.74 Å². The zero-order valence-electron chi connectivity index (χ0n) is 8.72. The summed E-state index contributed by atoms with van der Waals surface area (Å²) in [5, 5.41) is 10.1. The SMILES string of the molecule is C/C=C1/[C@H](O)[C@H]2OC(=O)N3CCC[C@@H]1[C@@H]23. The normalized spacial score (nSPS) is 45.9. The minimum Gasteiger partial charge on any atom is -0.441 e. The van der Waals surface area contributed by atoms with Gasteiger partial charge in [-0.2, -0.15) is 0 Å². The first-order valence-electron chi connectivity index (χ1n) is 5.55. The van der Waals surface area contributed by atoms with Crippen molar-refractivity contribution in [1.29, 1.82) is 0 Å². The zero-order chi connectivity index (χ0) is 10.6. The number of carbonyl (C=O) groups excluding carboxylic acids is 1. The molecule has 3 rings (SSSR count). The first-order valence-corrected chi connectivity index (χ1v) is 5.55. The van der Waals surface area contributed by atoms with E-state index in [1.807, 2.05) is 13.0 Å². The third-order valence-corrected chi connectivity index (χ3v) is 3.91. The Morgan fingerprint density at radius 1 is 1.60 bits per heavy atom. The molecule has 82 valence electrons. The molecule has 0 spiro atoms. The number of rotatable bonds is 0. The van der Waals surface area contributed by atoms with Gasteiger partial charge in [-0.05, 0) is 25.3 Å². The summed E-state index contributed by atoms with van der Waals surface area (Å²) in [5.74, 6) is 0.315. The van der Waals surface area contributed by atoms with Crippen molar-refractivity contribution in [2.75, 3.05) is 6.54 Å². The number of hydrogen-bond acceptors (Lipinski definition) is 3. The Morgan fingerprint density at radius 2 is 2.40 bits per heavy atom. The monoisotopic (exact) mass is 209 g/mol. The number of amides is 1. The highest BCUT2D eigenvalue weighted by atomic mass is 16.6. The summed E-state index contributed by atoms with van der Waals surface area (Å²) in [7, 11) is 0. The first kappa shape index (κ1) is 9.21. The molecule has 1 saturated carbocycles. The van der Waals surface area contributed by atoms with E-state index in [0.29, 0.717) is 5.92 Å². The molecule has 0 radical (unpaired) electrons. The molecule has 4 atom stereocenters. The quantitative estimate of drug-likeness (QED) is 0.603. The van der Waals surface area contributed by atoms with Crippen molar-refractivity contribution < 1.29 is 14.6 Å². The first-order chi connectivity index (χ1) is 7.24. The molecule has 4 heteroatoms. The summed E-state index contributed by atoms with van der Waals surface area (Å²) in [5.41, 5.74) is 1.06. The van der Waals surface area contributed by atoms with Crippen LogP contribution in [0, 0.1) is 5.92 Å². The number of aliphatic hydroxyl groups is 1. The second-order valence-corrected chi connectivity index (χ2v) is 4.51. The minimum absolute atomic E-state index is 0.0902. The third-order valence-electron chi connectivity index (χ3n) is 3.91. The van der Waals surface area contributed by atoms with E-state index in [0.717, 1.165) is 25.0 Å². The molecular formula is C11H15NO3. The zero-order valence-corrected chi connectivity index (χ0v) is 8.72. The van der Waals surface area contributed by atoms with Crippen molar-refractivity contribution in [3.8, 4) is 0 Å². The van der Waals surface area contributed by atoms with Crippen LogP contribution in [0.2, 0.25) is 0 Å². The van der Waals surface area contributed by atoms with Crippen LogP contribution in [0.5, 0.6) is 0 Å². The van der Waals surface area contributed by atoms with Crippen LogP contribution >= 0.6 is 0 Å². The number of piperidine rings is 1. The van der Waals surface area contributed by atoms with Gasteiger partial charge in [-0.15, -0.1) is 0 Å². The summed E-state index contributed by atoms with van der Waals surface area (Å²) in [6, 6.07) is 0.0902. The largest absolute Gasteiger partial charge is 0.441 e. The van der Waals surface area contributed by atoms with E-state index in [4.69, 9.17) is 4.74 Å². The van der Waals surface area contributed by atoms with Crippen molar-refractivity contribution in [2.45, 2.75) is 38.0 Å². The molecule has 1 amide bonds. The minimum atomic E-state index is -0.586. The number of allylic oxidation sites excluding steroid dienone is 1. The lowest BCUT2D eigenvalue weighted by Gasteiger charge is -2.31. The van der Waals surface area contributed by atoms with Crippen molar-refractivity contribution >= 4 is 6.09 Å². The van der Waals surface area contributed by atoms with Gasteiger partial charge in [0.1, 0.15) is 6.10 Å². The van der Waals surface area contributed by atoms with E-state index in [-0.39, 0.29) is 18.2 Å². The predicted molar refractivity (Wildman–Crippen MR) is 53.3 cm³/mol. The second-order valence-electron chi connectivity index (χ2n) is 4.51. The maximum Gasteiger partial charge on any atom is 0.410 e. The van der Waals surface area contributed by atoms with Gasteiger partial charge >= 0.3 is 6.09 Å². The van der Waals surface area contributed by atoms with Gasteiger partial charge in [-0.3, -0.25) is 0 Å². The Hall–Kier alpha value is -1.03. The topological polar surface area (TPSA) is 49.8 Å². The molecule has 4 nitrogen and oxygen atoms in total. The van der Waals surface area contributed by atoms with Gasteiger partial charge in [0.25, 0.3) is 0 Å². The summed E-state index contributed by atoms with van der Waals surface area (Å²) < 4.78 is 5.24. The maximum absolute atomic E-state index is 11.5. The summed E-state index contributed by atoms with van der Waals surface area (Å²) in [4.78, 5) is 13.3. The van der Waals surface area contributed by atoms with Crippen molar-refractivity contribution in [1.82, 2.24) is 4.90 Å². The molecule has 3 fully saturated rings. The standard InChI is InChI=1S/C11H15NO3/c1-2-6-7-4-3-5-12-8(7)10(9(6)13)15-11(12)14/h2,7-10,13H,3-5H2,1H3/b6-2+/t7-,8-,9-,10-/m0/s1. The van der Waals surface area contributed by atoms with Gasteiger partial charge < -0.3 is 14.7 Å². The fourth-order valence-electron chi connectivity index (χ4n) is 3.30. The van der Waals surface area contributed by atoms with Gasteiger partial charge in [0.05, 0.1) is 6.04 Å². The predicted octanol–water partition coefficient (Wildman–Crippen LogP) is 0.907. The molecule has 1 aliphatic carbocycles. The van der Waals surface area contributed by atoms with E-state index < -0.39 is 6.10 Å². The summed E-state index contributed by atoms with van der Waals surface area (Å²) in [6.07, 6.45) is 2.89. The second kappa shape index (κ2) is 2.98. The van der Waals surface area contributed by atoms with Crippen LogP contribution in [0.15, 0.2) is 11.6 Å². The Bertz CT molecular complexity index is 339. The number of hydrogen-bond donors (Lipinski definition) is 1. The number of nitrogens with zero attached hydrogens (tertiary/aromatic N) is 1. The molecular weight excluding hydrogens is 194 g/mol. The highest BCUT2D eigenvalue weighted by Gasteiger charge is 2.57. The molecule has 0 aromatic heterocycles. The smallest absolute Gasteiger partial charge is 0.410 e. The summed E-state index contributed by atoms with van der Waals surface area (Å²) >= 11 is 0. The van der Waals surface area contributed by atoms with Gasteiger partial charge in [0, 0.05) is 12.5 Å². The van der Waals surface area contributed by atoms with Gasteiger partial charge in [-0.25, -0.2) is 4.79 Å². The lowest BCUT2D eigenvalue weighted by atomic mass is 9.89. The van der Waals surface area contributed by atoms with Gasteiger partial charge in [-0.1, -0.05) is 6.08 Å². The Labute approximate surface area is 88.5 Å². The van der Waals surface area contributed by atoms with E-state index in [9.17, 15) is 9.90 Å². The van der Waals surface area contributed by atoms with Crippen LogP contribution in [0.1, 0.15) is 19.8 Å². The van der Waals surface area contributed by atoms with Crippen molar-refractivity contribution in [2.24, 2.45) is 5.92 Å². The van der Waals surface area contributed by atoms with E-state index >= 15 is 0 Å². The number of ether oxygens (including phenoxy) is 1. The van der Waals surface area contributed by atoms with Gasteiger partial charge in [0.15, 0.2) is 6.10 Å². The molecule has 1 N–H and O–H groups in total. The number of carbonyl (C=O) groups is 1. The average Bonchev–Trinajstić information content (AvgIpc) is 2.70. The van der Waals surface area contributed by atoms with Crippen LogP contribution in [0.25, 0.3) is 0 Å². The fraction of sp³-hybridized carbons (Fsp3) is 0.727. The average molecular weight is 209 g/mol. The van der Waals surface area contributed by atoms with Crippen molar-refractivity contribution in [3.63, 3.8) is 0 Å². The van der Waals surface area contributed by atoms with Crippen molar-refractivity contribution in [3.05, 3.63) is 11.6 Å². The highest BCUT2D eigenvalue weighted by Crippen LogP contribution is 2.45. The van der Waals surface area contributed by atoms with E-state index in [2.05, 4.69) is 0 Å². The van der Waals surface area contributed by atoms with Gasteiger partial charge in [0.2, 0.25) is 0 Å². The Balaban J connectivity index is 2.01. The molecule has 0 bridgehead atoms. The maximum atomic E-state index is 11.5. The summed E-state index contributed by atoms with van der Waals surface area (Å²) in [6.45, 7) is 2.72. The van der Waals surface area contributed by atoms with E-state index in [1.54, 1.807) is 4.90 Å². The lowest BCUT2D eigenvalue weighted by Crippen LogP contribution is -2.43. The molecule has 2 aliphatic heterocycles. The molecule has 15 heavy (non-hydrogen) atoms. The molecule has 0 aromatic carbocycles. The van der Waals surface area contributed by atoms with Crippen LogP contribution in [0.4, 0.5) is 4.79 Å². The third kappa shape index (κ3) is 1.03. The van der Waals surface area contributed by atoms with Crippen LogP contribution < -0.4 is 0 Å². The number of aliphatic hydroxyl groups excluding tert-OH is 1. The Kier molecular flexibility index (Phi) is 1.83. The molecule has 0 aromatic rings. The molecule has 2 saturated heterocycles. The van der Waals surface area contributed by atoms with E-state index in [1.165, 1.54) is 0 Å². The molecule has 3 aliphatic rings. The van der Waals surface area contributed by atoms with Crippen LogP contribution in [0.3, 0.4) is 0 Å². The molecule has 2 heterocycles. The highest BCUT2D eigenvalue weighted by molar-refractivity contribution is 5.72. The fourth-order valence-corrected chi connectivity index (χ4v) is 3.30. The lowest BCUT2D eigenvalue weighted by molar-refractivity contribution is 0.0574. The van der Waals surface area contributed by atoms with Crippen LogP contribution in [-0.4, -0.2) is 40.9 Å².